The summed E-state index contributed by atoms with van der Waals surface area (Å²) in [6.07, 6.45) is 4.28. The van der Waals surface area contributed by atoms with Crippen LogP contribution in [0.15, 0.2) is 48.5 Å². The number of para-hydroxylation sites is 4. The zero-order valence-electron chi connectivity index (χ0n) is 14.1. The van der Waals surface area contributed by atoms with Gasteiger partial charge in [-0.3, -0.25) is 0 Å². The smallest absolute Gasteiger partial charge is 0.169 e. The molecule has 0 unspecified atom stereocenters. The Labute approximate surface area is 139 Å². The lowest BCUT2D eigenvalue weighted by molar-refractivity contribution is 0.282. The predicted molar refractivity (Wildman–Crippen MR) is 93.8 cm³/mol. The van der Waals surface area contributed by atoms with Gasteiger partial charge < -0.3 is 14.2 Å². The third kappa shape index (κ3) is 5.51. The van der Waals surface area contributed by atoms with Gasteiger partial charge in [-0.15, -0.1) is 0 Å². The molecule has 0 aliphatic rings. The molecule has 0 aromatic heterocycles. The Bertz CT molecular complexity index is 529. The van der Waals surface area contributed by atoms with Crippen LogP contribution in [0.25, 0.3) is 0 Å². The summed E-state index contributed by atoms with van der Waals surface area (Å²) >= 11 is 0. The fraction of sp³-hybridized carbons (Fsp3) is 0.400. The van der Waals surface area contributed by atoms with Crippen LogP contribution in [0.4, 0.5) is 0 Å². The van der Waals surface area contributed by atoms with Crippen LogP contribution in [0.2, 0.25) is 0 Å². The number of hydrogen-bond acceptors (Lipinski definition) is 3. The van der Waals surface area contributed by atoms with Gasteiger partial charge in [0.05, 0.1) is 13.2 Å². The molecule has 2 rings (SSSR count). The van der Waals surface area contributed by atoms with Gasteiger partial charge in [-0.05, 0) is 37.1 Å². The summed E-state index contributed by atoms with van der Waals surface area (Å²) in [5.41, 5.74) is 0. The Balaban J connectivity index is 2.09. The molecule has 0 aliphatic carbocycles. The van der Waals surface area contributed by atoms with Gasteiger partial charge in [0.15, 0.2) is 23.0 Å². The molecule has 0 aliphatic heterocycles. The molecule has 0 atom stereocenters. The average Bonchev–Trinajstić information content (AvgIpc) is 2.58. The first-order chi connectivity index (χ1) is 11.3. The molecule has 23 heavy (non-hydrogen) atoms. The molecule has 0 spiro atoms. The molecule has 0 saturated carbocycles. The molecule has 0 N–H and O–H groups in total. The van der Waals surface area contributed by atoms with Gasteiger partial charge in [-0.25, -0.2) is 0 Å². The van der Waals surface area contributed by atoms with Crippen LogP contribution >= 0.6 is 0 Å². The third-order valence-electron chi connectivity index (χ3n) is 3.43. The molecule has 2 aromatic rings. The number of benzene rings is 2. The molecule has 0 bridgehead atoms. The maximum Gasteiger partial charge on any atom is 0.169 e. The van der Waals surface area contributed by atoms with E-state index in [1.54, 1.807) is 0 Å². The Morgan fingerprint density at radius 2 is 1.00 bits per heavy atom. The van der Waals surface area contributed by atoms with E-state index in [-0.39, 0.29) is 0 Å². The van der Waals surface area contributed by atoms with E-state index in [2.05, 4.69) is 13.8 Å². The van der Waals surface area contributed by atoms with Gasteiger partial charge >= 0.3 is 0 Å². The minimum atomic E-state index is 0.700. The standard InChI is InChI=1S/C20H26O3/c1-3-5-15-21-17-11-7-9-13-19(17)23-20-14-10-8-12-18(20)22-16-6-4-2/h7-14H,3-6,15-16H2,1-2H3. The van der Waals surface area contributed by atoms with Crippen molar-refractivity contribution in [1.29, 1.82) is 0 Å². The molecule has 0 amide bonds. The number of hydrogen-bond donors (Lipinski definition) is 0. The highest BCUT2D eigenvalue weighted by molar-refractivity contribution is 5.47. The summed E-state index contributed by atoms with van der Waals surface area (Å²) in [6, 6.07) is 15.5. The van der Waals surface area contributed by atoms with E-state index in [0.29, 0.717) is 13.2 Å². The molecule has 0 radical (unpaired) electrons. The molecule has 0 saturated heterocycles. The minimum absolute atomic E-state index is 0.700. The summed E-state index contributed by atoms with van der Waals surface area (Å²) in [4.78, 5) is 0. The molecular formula is C20H26O3. The number of unbranched alkanes of at least 4 members (excludes halogenated alkanes) is 2. The van der Waals surface area contributed by atoms with Gasteiger partial charge in [0.2, 0.25) is 0 Å². The van der Waals surface area contributed by atoms with Crippen molar-refractivity contribution >= 4 is 0 Å². The zero-order chi connectivity index (χ0) is 16.3. The van der Waals surface area contributed by atoms with Gasteiger partial charge in [0.25, 0.3) is 0 Å². The van der Waals surface area contributed by atoms with Crippen molar-refractivity contribution in [2.75, 3.05) is 13.2 Å². The summed E-state index contributed by atoms with van der Waals surface area (Å²) in [5.74, 6) is 2.97. The van der Waals surface area contributed by atoms with E-state index in [9.17, 15) is 0 Å². The van der Waals surface area contributed by atoms with E-state index in [0.717, 1.165) is 48.7 Å². The minimum Gasteiger partial charge on any atom is -0.490 e. The zero-order valence-corrected chi connectivity index (χ0v) is 14.1. The highest BCUT2D eigenvalue weighted by Crippen LogP contribution is 2.36. The molecule has 2 aromatic carbocycles. The highest BCUT2D eigenvalue weighted by Gasteiger charge is 2.09. The quantitative estimate of drug-likeness (QED) is 0.516. The van der Waals surface area contributed by atoms with E-state index >= 15 is 0 Å². The van der Waals surface area contributed by atoms with E-state index in [1.807, 2.05) is 48.5 Å². The molecule has 0 heterocycles. The molecular weight excluding hydrogens is 288 g/mol. The van der Waals surface area contributed by atoms with Gasteiger partial charge in [0.1, 0.15) is 0 Å². The Kier molecular flexibility index (Phi) is 7.31. The summed E-state index contributed by atoms with van der Waals surface area (Å²) in [7, 11) is 0. The second kappa shape index (κ2) is 9.78. The summed E-state index contributed by atoms with van der Waals surface area (Å²) in [5, 5.41) is 0. The highest BCUT2D eigenvalue weighted by atomic mass is 16.5. The first-order valence-electron chi connectivity index (χ1n) is 8.46. The maximum atomic E-state index is 6.05. The SMILES string of the molecule is CCCCOc1ccccc1Oc1ccccc1OCCCC. The van der Waals surface area contributed by atoms with Gasteiger partial charge in [0, 0.05) is 0 Å². The van der Waals surface area contributed by atoms with Gasteiger partial charge in [-0.2, -0.15) is 0 Å². The first-order valence-corrected chi connectivity index (χ1v) is 8.46. The van der Waals surface area contributed by atoms with E-state index in [1.165, 1.54) is 0 Å². The number of ether oxygens (including phenoxy) is 3. The van der Waals surface area contributed by atoms with Crippen molar-refractivity contribution in [3.63, 3.8) is 0 Å². The summed E-state index contributed by atoms with van der Waals surface area (Å²) < 4.78 is 17.7. The predicted octanol–water partition coefficient (Wildman–Crippen LogP) is 5.84. The second-order valence-corrected chi connectivity index (χ2v) is 5.40. The van der Waals surface area contributed by atoms with Crippen LogP contribution in [0.3, 0.4) is 0 Å². The molecule has 3 heteroatoms. The summed E-state index contributed by atoms with van der Waals surface area (Å²) in [6.45, 7) is 5.70. The first kappa shape index (κ1) is 17.2. The lowest BCUT2D eigenvalue weighted by atomic mass is 10.3. The van der Waals surface area contributed by atoms with Crippen molar-refractivity contribution < 1.29 is 14.2 Å². The lowest BCUT2D eigenvalue weighted by Crippen LogP contribution is -2.00. The average molecular weight is 314 g/mol. The second-order valence-electron chi connectivity index (χ2n) is 5.40. The van der Waals surface area contributed by atoms with Crippen LogP contribution in [0.5, 0.6) is 23.0 Å². The van der Waals surface area contributed by atoms with Crippen molar-refractivity contribution in [3.05, 3.63) is 48.5 Å². The van der Waals surface area contributed by atoms with Crippen LogP contribution in [-0.4, -0.2) is 13.2 Å². The van der Waals surface area contributed by atoms with E-state index < -0.39 is 0 Å². The molecule has 3 nitrogen and oxygen atoms in total. The fourth-order valence-electron chi connectivity index (χ4n) is 2.08. The monoisotopic (exact) mass is 314 g/mol. The lowest BCUT2D eigenvalue weighted by Gasteiger charge is -2.15. The Hall–Kier alpha value is -2.16. The topological polar surface area (TPSA) is 27.7 Å². The largest absolute Gasteiger partial charge is 0.490 e. The van der Waals surface area contributed by atoms with Crippen molar-refractivity contribution in [2.24, 2.45) is 0 Å². The third-order valence-corrected chi connectivity index (χ3v) is 3.43. The fourth-order valence-corrected chi connectivity index (χ4v) is 2.08. The van der Waals surface area contributed by atoms with Crippen molar-refractivity contribution in [1.82, 2.24) is 0 Å². The van der Waals surface area contributed by atoms with E-state index in [4.69, 9.17) is 14.2 Å². The van der Waals surface area contributed by atoms with Crippen LogP contribution in [0.1, 0.15) is 39.5 Å². The van der Waals surface area contributed by atoms with Crippen LogP contribution in [-0.2, 0) is 0 Å². The molecule has 0 fully saturated rings. The Morgan fingerprint density at radius 3 is 1.39 bits per heavy atom. The maximum absolute atomic E-state index is 6.05. The van der Waals surface area contributed by atoms with Crippen molar-refractivity contribution in [3.8, 4) is 23.0 Å². The molecule has 124 valence electrons. The van der Waals surface area contributed by atoms with Gasteiger partial charge in [-0.1, -0.05) is 51.0 Å². The number of rotatable bonds is 10. The Morgan fingerprint density at radius 1 is 0.609 bits per heavy atom. The van der Waals surface area contributed by atoms with Crippen molar-refractivity contribution in [2.45, 2.75) is 39.5 Å². The normalized spacial score (nSPS) is 10.3. The van der Waals surface area contributed by atoms with Crippen LogP contribution in [0, 0.1) is 0 Å². The van der Waals surface area contributed by atoms with Crippen LogP contribution < -0.4 is 14.2 Å².